The second-order valence-electron chi connectivity index (χ2n) is 8.50. The lowest BCUT2D eigenvalue weighted by atomic mass is 9.94. The van der Waals surface area contributed by atoms with E-state index in [9.17, 15) is 18.4 Å². The average molecular weight is 479 g/mol. The summed E-state index contributed by atoms with van der Waals surface area (Å²) in [4.78, 5) is 9.68. The van der Waals surface area contributed by atoms with Gasteiger partial charge < -0.3 is 20.8 Å². The molecular formula is C22H22ClF3N6O. The van der Waals surface area contributed by atoms with Crippen LogP contribution in [-0.4, -0.2) is 51.1 Å². The normalized spacial score (nSPS) is 18.1. The predicted molar refractivity (Wildman–Crippen MR) is 121 cm³/mol. The molecule has 11 heteroatoms. The van der Waals surface area contributed by atoms with Gasteiger partial charge in [-0.1, -0.05) is 16.8 Å². The van der Waals surface area contributed by atoms with Gasteiger partial charge >= 0.3 is 0 Å². The van der Waals surface area contributed by atoms with E-state index in [0.717, 1.165) is 50.9 Å². The van der Waals surface area contributed by atoms with Crippen LogP contribution < -0.4 is 10.6 Å². The fraction of sp³-hybridized carbons (Fsp3) is 0.364. The molecule has 2 aromatic carbocycles. The van der Waals surface area contributed by atoms with E-state index in [4.69, 9.17) is 11.6 Å². The number of nitrogens with one attached hydrogen (secondary N) is 3. The molecule has 33 heavy (non-hydrogen) atoms. The Morgan fingerprint density at radius 1 is 1.18 bits per heavy atom. The topological polar surface area (TPSA) is 88.6 Å². The lowest BCUT2D eigenvalue weighted by Gasteiger charge is -2.32. The number of rotatable bonds is 5. The SMILES string of the molecule is ON=C(Nc1ccc(F)c(Cl)c1)c1cc(F)c(F)c2nc(NCC34CCCN3CCC4)[nH]c12. The molecule has 2 aliphatic rings. The van der Waals surface area contributed by atoms with Gasteiger partial charge in [-0.05, 0) is 63.0 Å². The van der Waals surface area contributed by atoms with Crippen LogP contribution in [0.5, 0.6) is 0 Å². The van der Waals surface area contributed by atoms with Crippen LogP contribution in [0.15, 0.2) is 29.4 Å². The minimum Gasteiger partial charge on any atom is -0.409 e. The zero-order chi connectivity index (χ0) is 23.2. The van der Waals surface area contributed by atoms with Crippen LogP contribution in [-0.2, 0) is 0 Å². The number of halogens is 4. The summed E-state index contributed by atoms with van der Waals surface area (Å²) < 4.78 is 42.4. The van der Waals surface area contributed by atoms with Gasteiger partial charge in [0.15, 0.2) is 17.5 Å². The number of aromatic amines is 1. The number of hydrogen-bond donors (Lipinski definition) is 4. The van der Waals surface area contributed by atoms with Crippen molar-refractivity contribution in [2.45, 2.75) is 31.2 Å². The first-order chi connectivity index (χ1) is 15.9. The predicted octanol–water partition coefficient (Wildman–Crippen LogP) is 4.92. The summed E-state index contributed by atoms with van der Waals surface area (Å²) >= 11 is 5.80. The number of amidine groups is 1. The lowest BCUT2D eigenvalue weighted by Crippen LogP contribution is -2.44. The van der Waals surface area contributed by atoms with E-state index in [-0.39, 0.29) is 33.0 Å². The van der Waals surface area contributed by atoms with Crippen LogP contribution in [0.25, 0.3) is 11.0 Å². The second-order valence-corrected chi connectivity index (χ2v) is 8.91. The van der Waals surface area contributed by atoms with Gasteiger partial charge in [-0.25, -0.2) is 18.2 Å². The van der Waals surface area contributed by atoms with Gasteiger partial charge in [0.2, 0.25) is 5.95 Å². The lowest BCUT2D eigenvalue weighted by molar-refractivity contribution is 0.209. The fourth-order valence-electron chi connectivity index (χ4n) is 4.99. The van der Waals surface area contributed by atoms with Crippen molar-refractivity contribution in [1.29, 1.82) is 0 Å². The van der Waals surface area contributed by atoms with Crippen LogP contribution in [0, 0.1) is 17.5 Å². The molecule has 0 radical (unpaired) electrons. The minimum absolute atomic E-state index is 0.0499. The Hall–Kier alpha value is -2.98. The van der Waals surface area contributed by atoms with Crippen molar-refractivity contribution in [2.24, 2.45) is 5.16 Å². The Kier molecular flexibility index (Phi) is 5.57. The van der Waals surface area contributed by atoms with E-state index in [1.807, 2.05) is 0 Å². The first-order valence-electron chi connectivity index (χ1n) is 10.7. The zero-order valence-corrected chi connectivity index (χ0v) is 18.3. The highest BCUT2D eigenvalue weighted by molar-refractivity contribution is 6.31. The highest BCUT2D eigenvalue weighted by atomic mass is 35.5. The van der Waals surface area contributed by atoms with Crippen molar-refractivity contribution in [3.63, 3.8) is 0 Å². The van der Waals surface area contributed by atoms with Gasteiger partial charge in [0, 0.05) is 23.3 Å². The maximum Gasteiger partial charge on any atom is 0.201 e. The molecule has 2 saturated heterocycles. The summed E-state index contributed by atoms with van der Waals surface area (Å²) in [6.07, 6.45) is 4.45. The Bertz CT molecular complexity index is 1240. The molecule has 5 rings (SSSR count). The molecule has 0 unspecified atom stereocenters. The fourth-order valence-corrected chi connectivity index (χ4v) is 5.17. The van der Waals surface area contributed by atoms with Crippen LogP contribution >= 0.6 is 11.6 Å². The van der Waals surface area contributed by atoms with E-state index < -0.39 is 17.5 Å². The number of oxime groups is 1. The summed E-state index contributed by atoms with van der Waals surface area (Å²) in [5.74, 6) is -2.76. The van der Waals surface area contributed by atoms with Crippen molar-refractivity contribution in [2.75, 3.05) is 30.3 Å². The van der Waals surface area contributed by atoms with E-state index in [0.29, 0.717) is 18.2 Å². The van der Waals surface area contributed by atoms with Gasteiger partial charge in [-0.3, -0.25) is 4.90 Å². The quantitative estimate of drug-likeness (QED) is 0.181. The summed E-state index contributed by atoms with van der Waals surface area (Å²) in [7, 11) is 0. The number of anilines is 2. The molecule has 3 aromatic rings. The summed E-state index contributed by atoms with van der Waals surface area (Å²) in [5.41, 5.74) is 0.338. The van der Waals surface area contributed by atoms with Crippen LogP contribution in [0.3, 0.4) is 0 Å². The number of H-pyrrole nitrogens is 1. The molecule has 4 N–H and O–H groups in total. The number of hydrogen-bond acceptors (Lipinski definition) is 5. The van der Waals surface area contributed by atoms with Crippen molar-refractivity contribution >= 4 is 40.1 Å². The van der Waals surface area contributed by atoms with Crippen molar-refractivity contribution in [3.8, 4) is 0 Å². The third-order valence-electron chi connectivity index (χ3n) is 6.60. The van der Waals surface area contributed by atoms with Gasteiger partial charge in [0.05, 0.1) is 10.5 Å². The molecule has 0 atom stereocenters. The monoisotopic (exact) mass is 478 g/mol. The van der Waals surface area contributed by atoms with E-state index >= 15 is 0 Å². The molecule has 2 fully saturated rings. The molecule has 0 aliphatic carbocycles. The van der Waals surface area contributed by atoms with Crippen molar-refractivity contribution in [1.82, 2.24) is 14.9 Å². The van der Waals surface area contributed by atoms with Crippen LogP contribution in [0.4, 0.5) is 24.8 Å². The van der Waals surface area contributed by atoms with Gasteiger partial charge in [0.1, 0.15) is 11.3 Å². The Balaban J connectivity index is 1.46. The third kappa shape index (κ3) is 3.87. The zero-order valence-electron chi connectivity index (χ0n) is 17.6. The van der Waals surface area contributed by atoms with E-state index in [1.165, 1.54) is 12.1 Å². The smallest absolute Gasteiger partial charge is 0.201 e. The molecule has 0 bridgehead atoms. The molecule has 1 aromatic heterocycles. The minimum atomic E-state index is -1.15. The Morgan fingerprint density at radius 2 is 1.94 bits per heavy atom. The summed E-state index contributed by atoms with van der Waals surface area (Å²) in [6.45, 7) is 2.78. The first kappa shape index (κ1) is 21.8. The number of aromatic nitrogens is 2. The van der Waals surface area contributed by atoms with Gasteiger partial charge in [0.25, 0.3) is 0 Å². The summed E-state index contributed by atoms with van der Waals surface area (Å²) in [6, 6.07) is 4.69. The Morgan fingerprint density at radius 3 is 2.64 bits per heavy atom. The first-order valence-corrected chi connectivity index (χ1v) is 11.1. The average Bonchev–Trinajstić information content (AvgIpc) is 3.50. The second kappa shape index (κ2) is 8.42. The van der Waals surface area contributed by atoms with Gasteiger partial charge in [-0.2, -0.15) is 0 Å². The maximum atomic E-state index is 14.6. The van der Waals surface area contributed by atoms with Crippen LogP contribution in [0.2, 0.25) is 5.02 Å². The highest BCUT2D eigenvalue weighted by Crippen LogP contribution is 2.39. The standard InChI is InChI=1S/C22H22ClF3N6O/c23-14-9-12(3-4-15(14)24)28-20(31-33)13-10-16(25)17(26)19-18(13)29-21(30-19)27-11-22-5-1-7-32(22)8-2-6-22/h3-4,9-10,33H,1-2,5-8,11H2,(H,28,31)(H2,27,29,30). The molecule has 3 heterocycles. The number of imidazole rings is 1. The van der Waals surface area contributed by atoms with E-state index in [2.05, 4.69) is 30.7 Å². The largest absolute Gasteiger partial charge is 0.409 e. The number of benzene rings is 2. The number of nitrogens with zero attached hydrogens (tertiary/aromatic N) is 3. The molecule has 0 spiro atoms. The summed E-state index contributed by atoms with van der Waals surface area (Å²) in [5, 5.41) is 18.6. The highest BCUT2D eigenvalue weighted by Gasteiger charge is 2.44. The molecule has 0 saturated carbocycles. The van der Waals surface area contributed by atoms with Crippen LogP contribution in [0.1, 0.15) is 31.2 Å². The molecule has 0 amide bonds. The van der Waals surface area contributed by atoms with Crippen molar-refractivity contribution < 1.29 is 18.4 Å². The molecule has 7 nitrogen and oxygen atoms in total. The molecule has 2 aliphatic heterocycles. The Labute approximate surface area is 192 Å². The van der Waals surface area contributed by atoms with Crippen molar-refractivity contribution in [3.05, 3.63) is 52.3 Å². The third-order valence-corrected chi connectivity index (χ3v) is 6.88. The number of fused-ring (bicyclic) bond motifs is 2. The molecular weight excluding hydrogens is 457 g/mol. The molecule has 174 valence electrons. The van der Waals surface area contributed by atoms with Gasteiger partial charge in [-0.15, -0.1) is 0 Å². The van der Waals surface area contributed by atoms with E-state index in [1.54, 1.807) is 0 Å². The maximum absolute atomic E-state index is 14.6.